The van der Waals surface area contributed by atoms with E-state index in [1.165, 1.54) is 65.6 Å². The van der Waals surface area contributed by atoms with E-state index < -0.39 is 0 Å². The second kappa shape index (κ2) is 11.2. The first-order chi connectivity index (χ1) is 26.2. The molecule has 0 saturated heterocycles. The van der Waals surface area contributed by atoms with E-state index in [2.05, 4.69) is 121 Å². The minimum atomic E-state index is -0.304. The molecule has 0 spiro atoms. The minimum Gasteiger partial charge on any atom is -0.268 e. The highest BCUT2D eigenvalue weighted by Crippen LogP contribution is 2.58. The highest BCUT2D eigenvalue weighted by Gasteiger charge is 2.35. The normalized spacial score (nSPS) is 12.9. The van der Waals surface area contributed by atoms with Crippen molar-refractivity contribution in [1.29, 1.82) is 0 Å². The van der Waals surface area contributed by atoms with Crippen LogP contribution in [-0.2, 0) is 0 Å². The Hall–Kier alpha value is -7.10. The highest BCUT2D eigenvalue weighted by atomic mass is 16.2. The summed E-state index contributed by atoms with van der Waals surface area (Å²) in [7, 11) is 0. The Bertz CT molecular complexity index is 2910. The van der Waals surface area contributed by atoms with Crippen LogP contribution in [0.1, 0.15) is 20.7 Å². The van der Waals surface area contributed by atoms with Crippen LogP contribution in [-0.4, -0.2) is 11.8 Å². The second-order valence-corrected chi connectivity index (χ2v) is 13.8. The summed E-state index contributed by atoms with van der Waals surface area (Å²) in [4.78, 5) is 29.3. The summed E-state index contributed by atoms with van der Waals surface area (Å²) in [5, 5.41) is 6.41. The van der Waals surface area contributed by atoms with E-state index in [1.54, 1.807) is 12.1 Å². The van der Waals surface area contributed by atoms with E-state index in [4.69, 9.17) is 0 Å². The average molecular weight is 676 g/mol. The van der Waals surface area contributed by atoms with Crippen LogP contribution in [0.25, 0.3) is 88.0 Å². The summed E-state index contributed by atoms with van der Waals surface area (Å²) in [5.41, 5.74) is 13.5. The smallest absolute Gasteiger partial charge is 0.265 e. The van der Waals surface area contributed by atoms with E-state index in [1.807, 2.05) is 42.5 Å². The minimum absolute atomic E-state index is 0.304. The van der Waals surface area contributed by atoms with Gasteiger partial charge in [-0.15, -0.1) is 0 Å². The van der Waals surface area contributed by atoms with Crippen LogP contribution < -0.4 is 4.90 Å². The standard InChI is InChI=1S/C50H29NO2/c52-49-41-25-13-23-36-34(27-29-42(46(36)41)50(53)51(49)32-18-8-3-9-19-32)33-26-28-40-45-35(33)22-12-24-39(45)47-43(30-14-4-1-5-15-30)37-20-10-11-21-38(37)44(48(40)47)31-16-6-2-7-17-31/h1-29H. The number of fused-ring (bicyclic) bond motifs is 4. The molecule has 1 heterocycles. The maximum Gasteiger partial charge on any atom is 0.265 e. The zero-order valence-corrected chi connectivity index (χ0v) is 28.5. The number of para-hydroxylation sites is 1. The number of carbonyl (C=O) groups is 2. The number of amides is 2. The molecular formula is C50H29NO2. The van der Waals surface area contributed by atoms with Gasteiger partial charge in [-0.3, -0.25) is 9.59 Å². The van der Waals surface area contributed by atoms with E-state index in [-0.39, 0.29) is 11.8 Å². The predicted molar refractivity (Wildman–Crippen MR) is 217 cm³/mol. The van der Waals surface area contributed by atoms with Crippen LogP contribution in [0.5, 0.6) is 0 Å². The fraction of sp³-hybridized carbons (Fsp3) is 0. The summed E-state index contributed by atoms with van der Waals surface area (Å²) in [6, 6.07) is 60.4. The SMILES string of the molecule is O=C1c2cccc3c(-c4ccc5c6c(cccc46)-c4c-5c(-c5ccccc5)c5ccccc5c4-c4ccccc4)ccc(c23)C(=O)N1c1ccccc1. The number of carbonyl (C=O) groups excluding carboxylic acids is 2. The zero-order valence-electron chi connectivity index (χ0n) is 28.5. The van der Waals surface area contributed by atoms with Gasteiger partial charge in [-0.25, -0.2) is 4.90 Å². The summed E-state index contributed by atoms with van der Waals surface area (Å²) in [6.07, 6.45) is 0. The van der Waals surface area contributed by atoms with Gasteiger partial charge < -0.3 is 0 Å². The summed E-state index contributed by atoms with van der Waals surface area (Å²) in [5.74, 6) is -0.609. The van der Waals surface area contributed by atoms with Crippen molar-refractivity contribution < 1.29 is 9.59 Å². The lowest BCUT2D eigenvalue weighted by molar-refractivity contribution is 0.0893. The van der Waals surface area contributed by atoms with Gasteiger partial charge in [0.1, 0.15) is 0 Å². The predicted octanol–water partition coefficient (Wildman–Crippen LogP) is 12.6. The lowest BCUT2D eigenvalue weighted by Gasteiger charge is -2.28. The van der Waals surface area contributed by atoms with Crippen molar-refractivity contribution in [3.63, 3.8) is 0 Å². The van der Waals surface area contributed by atoms with Gasteiger partial charge in [-0.05, 0) is 107 Å². The molecule has 3 nitrogen and oxygen atoms in total. The number of benzene rings is 9. The summed E-state index contributed by atoms with van der Waals surface area (Å²) < 4.78 is 0. The fourth-order valence-electron chi connectivity index (χ4n) is 8.99. The van der Waals surface area contributed by atoms with Gasteiger partial charge in [0.25, 0.3) is 11.8 Å². The number of anilines is 1. The van der Waals surface area contributed by atoms with Crippen molar-refractivity contribution in [2.45, 2.75) is 0 Å². The van der Waals surface area contributed by atoms with Crippen molar-refractivity contribution in [1.82, 2.24) is 0 Å². The molecule has 246 valence electrons. The molecule has 2 aliphatic rings. The molecule has 11 rings (SSSR count). The first-order valence-corrected chi connectivity index (χ1v) is 17.9. The van der Waals surface area contributed by atoms with Gasteiger partial charge in [-0.1, -0.05) is 152 Å². The van der Waals surface area contributed by atoms with Gasteiger partial charge in [0.2, 0.25) is 0 Å². The molecule has 0 N–H and O–H groups in total. The van der Waals surface area contributed by atoms with Crippen LogP contribution in [0.4, 0.5) is 5.69 Å². The third kappa shape index (κ3) is 4.10. The maximum absolute atomic E-state index is 14.0. The molecule has 2 amide bonds. The third-order valence-corrected chi connectivity index (χ3v) is 11.1. The lowest BCUT2D eigenvalue weighted by Crippen LogP contribution is -2.40. The van der Waals surface area contributed by atoms with Crippen molar-refractivity contribution in [3.8, 4) is 55.6 Å². The Balaban J connectivity index is 1.20. The quantitative estimate of drug-likeness (QED) is 0.174. The van der Waals surface area contributed by atoms with Crippen molar-refractivity contribution in [3.05, 3.63) is 187 Å². The maximum atomic E-state index is 14.0. The van der Waals surface area contributed by atoms with Gasteiger partial charge in [0.15, 0.2) is 0 Å². The molecular weight excluding hydrogens is 647 g/mol. The van der Waals surface area contributed by atoms with Crippen molar-refractivity contribution in [2.75, 3.05) is 4.90 Å². The van der Waals surface area contributed by atoms with Crippen molar-refractivity contribution in [2.24, 2.45) is 0 Å². The fourth-order valence-corrected chi connectivity index (χ4v) is 8.99. The molecule has 0 bridgehead atoms. The summed E-state index contributed by atoms with van der Waals surface area (Å²) in [6.45, 7) is 0. The van der Waals surface area contributed by atoms with Crippen LogP contribution in [0.3, 0.4) is 0 Å². The van der Waals surface area contributed by atoms with Gasteiger partial charge >= 0.3 is 0 Å². The monoisotopic (exact) mass is 675 g/mol. The molecule has 9 aromatic rings. The molecule has 0 saturated carbocycles. The number of rotatable bonds is 4. The number of hydrogen-bond donors (Lipinski definition) is 0. The van der Waals surface area contributed by atoms with Crippen molar-refractivity contribution >= 4 is 49.8 Å². The number of nitrogens with zero attached hydrogens (tertiary/aromatic N) is 1. The van der Waals surface area contributed by atoms with Crippen LogP contribution in [0.15, 0.2) is 176 Å². The molecule has 0 aromatic heterocycles. The molecule has 0 atom stereocenters. The second-order valence-electron chi connectivity index (χ2n) is 13.8. The Morgan fingerprint density at radius 3 is 1.21 bits per heavy atom. The number of imide groups is 1. The molecule has 3 heteroatoms. The number of hydrogen-bond acceptors (Lipinski definition) is 2. The molecule has 53 heavy (non-hydrogen) atoms. The van der Waals surface area contributed by atoms with E-state index in [9.17, 15) is 9.59 Å². The Morgan fingerprint density at radius 1 is 0.283 bits per heavy atom. The third-order valence-electron chi connectivity index (χ3n) is 11.1. The van der Waals surface area contributed by atoms with E-state index in [0.717, 1.165) is 21.9 Å². The molecule has 0 radical (unpaired) electrons. The Labute approximate surface area is 306 Å². The molecule has 1 aliphatic carbocycles. The molecule has 0 fully saturated rings. The molecule has 9 aromatic carbocycles. The zero-order chi connectivity index (χ0) is 35.2. The average Bonchev–Trinajstić information content (AvgIpc) is 3.55. The van der Waals surface area contributed by atoms with E-state index >= 15 is 0 Å². The first-order valence-electron chi connectivity index (χ1n) is 17.9. The van der Waals surface area contributed by atoms with Crippen LogP contribution >= 0.6 is 0 Å². The Morgan fingerprint density at radius 2 is 0.660 bits per heavy atom. The van der Waals surface area contributed by atoms with Crippen LogP contribution in [0, 0.1) is 0 Å². The first kappa shape index (κ1) is 29.6. The molecule has 1 aliphatic heterocycles. The summed E-state index contributed by atoms with van der Waals surface area (Å²) >= 11 is 0. The molecule has 0 unspecified atom stereocenters. The topological polar surface area (TPSA) is 37.4 Å². The Kier molecular flexibility index (Phi) is 6.26. The lowest BCUT2D eigenvalue weighted by atomic mass is 9.82. The van der Waals surface area contributed by atoms with E-state index in [0.29, 0.717) is 22.2 Å². The van der Waals surface area contributed by atoms with Gasteiger partial charge in [0, 0.05) is 16.5 Å². The van der Waals surface area contributed by atoms with Gasteiger partial charge in [-0.2, -0.15) is 0 Å². The largest absolute Gasteiger partial charge is 0.268 e. The van der Waals surface area contributed by atoms with Gasteiger partial charge in [0.05, 0.1) is 5.69 Å². The highest BCUT2D eigenvalue weighted by molar-refractivity contribution is 6.37. The van der Waals surface area contributed by atoms with Crippen LogP contribution in [0.2, 0.25) is 0 Å².